The minimum Gasteiger partial charge on any atom is -0.497 e. The number of carbonyl (C=O) groups excluding carboxylic acids is 1. The smallest absolute Gasteiger partial charge is 0.416 e. The molecule has 3 rings (SSSR count). The van der Waals surface area contributed by atoms with Crippen LogP contribution in [0, 0.1) is 0 Å². The third kappa shape index (κ3) is 5.82. The molecule has 3 aromatic rings. The molecule has 0 aliphatic carbocycles. The van der Waals surface area contributed by atoms with Gasteiger partial charge in [0, 0.05) is 0 Å². The third-order valence-corrected chi connectivity index (χ3v) is 4.96. The lowest BCUT2D eigenvalue weighted by atomic mass is 9.97. The topological polar surface area (TPSA) is 50.7 Å². The number of ether oxygens (including phenoxy) is 1. The second kappa shape index (κ2) is 9.13. The van der Waals surface area contributed by atoms with Crippen LogP contribution in [0.4, 0.5) is 26.3 Å². The summed E-state index contributed by atoms with van der Waals surface area (Å²) in [6.45, 7) is 1.60. The predicted molar refractivity (Wildman–Crippen MR) is 111 cm³/mol. The Balaban J connectivity index is 1.77. The molecule has 1 N–H and O–H groups in total. The number of hydrogen-bond donors (Lipinski definition) is 1. The van der Waals surface area contributed by atoms with Gasteiger partial charge < -0.3 is 4.74 Å². The Morgan fingerprint density at radius 1 is 0.909 bits per heavy atom. The van der Waals surface area contributed by atoms with Crippen LogP contribution in [0.2, 0.25) is 0 Å². The molecule has 4 nitrogen and oxygen atoms in total. The average molecular weight is 468 g/mol. The normalized spacial score (nSPS) is 13.3. The largest absolute Gasteiger partial charge is 0.497 e. The summed E-state index contributed by atoms with van der Waals surface area (Å²) in [5, 5.41) is 5.30. The molecule has 1 amide bonds. The number of rotatable bonds is 5. The van der Waals surface area contributed by atoms with Crippen molar-refractivity contribution in [2.45, 2.75) is 25.2 Å². The van der Waals surface area contributed by atoms with Gasteiger partial charge in [0.15, 0.2) is 0 Å². The highest BCUT2D eigenvalue weighted by atomic mass is 19.4. The molecule has 0 saturated heterocycles. The lowest BCUT2D eigenvalue weighted by Crippen LogP contribution is -2.23. The molecular formula is C23H18F6N2O2. The summed E-state index contributed by atoms with van der Waals surface area (Å²) in [5.74, 6) is -0.582. The Bertz CT molecular complexity index is 1170. The third-order valence-electron chi connectivity index (χ3n) is 4.96. The maximum atomic E-state index is 12.9. The van der Waals surface area contributed by atoms with Gasteiger partial charge in [0.1, 0.15) is 5.75 Å². The first-order chi connectivity index (χ1) is 15.4. The first-order valence-corrected chi connectivity index (χ1v) is 9.58. The summed E-state index contributed by atoms with van der Waals surface area (Å²) in [6.07, 6.45) is -9.20. The van der Waals surface area contributed by atoms with E-state index in [2.05, 4.69) is 10.5 Å². The van der Waals surface area contributed by atoms with Crippen LogP contribution in [-0.2, 0) is 17.1 Å². The van der Waals surface area contributed by atoms with Crippen molar-refractivity contribution in [3.63, 3.8) is 0 Å². The van der Waals surface area contributed by atoms with Gasteiger partial charge in [0.2, 0.25) is 5.91 Å². The van der Waals surface area contributed by atoms with Gasteiger partial charge in [-0.05, 0) is 59.2 Å². The van der Waals surface area contributed by atoms with E-state index < -0.39 is 40.9 Å². The molecule has 0 bridgehead atoms. The molecule has 174 valence electrons. The highest BCUT2D eigenvalue weighted by molar-refractivity contribution is 5.89. The summed E-state index contributed by atoms with van der Waals surface area (Å²) in [7, 11) is 1.55. The van der Waals surface area contributed by atoms with E-state index in [1.807, 2.05) is 18.2 Å². The maximum Gasteiger partial charge on any atom is 0.416 e. The van der Waals surface area contributed by atoms with Crippen molar-refractivity contribution in [3.05, 3.63) is 76.9 Å². The van der Waals surface area contributed by atoms with E-state index in [9.17, 15) is 31.1 Å². The number of carbonyl (C=O) groups is 1. The van der Waals surface area contributed by atoms with Gasteiger partial charge in [-0.3, -0.25) is 4.79 Å². The molecular weight excluding hydrogens is 450 g/mol. The highest BCUT2D eigenvalue weighted by Gasteiger charge is 2.36. The van der Waals surface area contributed by atoms with Crippen molar-refractivity contribution < 1.29 is 35.9 Å². The fourth-order valence-corrected chi connectivity index (χ4v) is 3.11. The fourth-order valence-electron chi connectivity index (χ4n) is 3.11. The summed E-state index contributed by atoms with van der Waals surface area (Å²) in [5.41, 5.74) is -0.575. The molecule has 0 fully saturated rings. The minimum absolute atomic E-state index is 0.0211. The molecule has 0 aliphatic heterocycles. The van der Waals surface area contributed by atoms with Gasteiger partial charge in [-0.25, -0.2) is 5.43 Å². The molecule has 0 aliphatic rings. The summed E-state index contributed by atoms with van der Waals surface area (Å²) >= 11 is 0. The van der Waals surface area contributed by atoms with Crippen LogP contribution in [0.3, 0.4) is 0 Å². The molecule has 0 saturated carbocycles. The molecule has 0 heterocycles. The van der Waals surface area contributed by atoms with Gasteiger partial charge in [-0.1, -0.05) is 24.3 Å². The average Bonchev–Trinajstić information content (AvgIpc) is 2.76. The van der Waals surface area contributed by atoms with Crippen molar-refractivity contribution in [1.29, 1.82) is 0 Å². The van der Waals surface area contributed by atoms with Crippen LogP contribution >= 0.6 is 0 Å². The van der Waals surface area contributed by atoms with E-state index in [-0.39, 0.29) is 6.07 Å². The first kappa shape index (κ1) is 24.1. The zero-order chi connectivity index (χ0) is 24.4. The minimum atomic E-state index is -4.97. The van der Waals surface area contributed by atoms with E-state index in [0.29, 0.717) is 23.4 Å². The second-order valence-corrected chi connectivity index (χ2v) is 7.27. The summed E-state index contributed by atoms with van der Waals surface area (Å²) < 4.78 is 82.8. The van der Waals surface area contributed by atoms with Crippen molar-refractivity contribution in [2.24, 2.45) is 5.10 Å². The quantitative estimate of drug-likeness (QED) is 0.278. The molecule has 0 radical (unpaired) electrons. The van der Waals surface area contributed by atoms with E-state index >= 15 is 0 Å². The number of halogens is 6. The zero-order valence-electron chi connectivity index (χ0n) is 17.4. The number of hydrogen-bond acceptors (Lipinski definition) is 3. The number of amides is 1. The predicted octanol–water partition coefficient (Wildman–Crippen LogP) is 6.14. The van der Waals surface area contributed by atoms with Gasteiger partial charge in [-0.2, -0.15) is 31.4 Å². The van der Waals surface area contributed by atoms with Crippen LogP contribution in [0.1, 0.15) is 35.1 Å². The van der Waals surface area contributed by atoms with E-state index in [1.165, 1.54) is 0 Å². The molecule has 0 spiro atoms. The van der Waals surface area contributed by atoms with E-state index in [1.54, 1.807) is 32.2 Å². The molecule has 1 atom stereocenters. The van der Waals surface area contributed by atoms with Gasteiger partial charge in [0.25, 0.3) is 0 Å². The van der Waals surface area contributed by atoms with Crippen LogP contribution < -0.4 is 10.2 Å². The van der Waals surface area contributed by atoms with Crippen LogP contribution in [0.15, 0.2) is 59.7 Å². The fraction of sp³-hybridized carbons (Fsp3) is 0.217. The lowest BCUT2D eigenvalue weighted by molar-refractivity contribution is -0.143. The number of hydrazone groups is 1. The van der Waals surface area contributed by atoms with E-state index in [4.69, 9.17) is 4.74 Å². The molecule has 0 aromatic heterocycles. The van der Waals surface area contributed by atoms with Crippen molar-refractivity contribution in [2.75, 3.05) is 7.11 Å². The van der Waals surface area contributed by atoms with Crippen molar-refractivity contribution in [3.8, 4) is 5.75 Å². The number of fused-ring (bicyclic) bond motifs is 1. The Kier molecular flexibility index (Phi) is 6.66. The first-order valence-electron chi connectivity index (χ1n) is 9.58. The van der Waals surface area contributed by atoms with E-state index in [0.717, 1.165) is 17.0 Å². The van der Waals surface area contributed by atoms with Gasteiger partial charge in [0.05, 0.1) is 30.4 Å². The number of nitrogens with one attached hydrogen (secondary N) is 1. The van der Waals surface area contributed by atoms with Crippen molar-refractivity contribution >= 4 is 22.9 Å². The standard InChI is InChI=1S/C23H18F6N2O2/c1-13(15-3-4-17-10-20(33-2)6-5-16(17)9-15)21(32)31-30-12-14-7-18(22(24,25)26)11-19(8-14)23(27,28)29/h3-13H,1-2H3,(H,31,32)/b30-12+/t13-/m0/s1. The van der Waals surface area contributed by atoms with Crippen LogP contribution in [0.25, 0.3) is 10.8 Å². The Labute approximate surface area is 184 Å². The maximum absolute atomic E-state index is 12.9. The Morgan fingerprint density at radius 2 is 1.48 bits per heavy atom. The van der Waals surface area contributed by atoms with Crippen LogP contribution in [-0.4, -0.2) is 19.2 Å². The molecule has 33 heavy (non-hydrogen) atoms. The second-order valence-electron chi connectivity index (χ2n) is 7.27. The SMILES string of the molecule is COc1ccc2cc([C@H](C)C(=O)N/N=C/c3cc(C(F)(F)F)cc(C(F)(F)F)c3)ccc2c1. The van der Waals surface area contributed by atoms with Gasteiger partial charge >= 0.3 is 12.4 Å². The summed E-state index contributed by atoms with van der Waals surface area (Å²) in [6, 6.07) is 11.8. The summed E-state index contributed by atoms with van der Waals surface area (Å²) in [4.78, 5) is 12.4. The highest BCUT2D eigenvalue weighted by Crippen LogP contribution is 2.36. The number of alkyl halides is 6. The van der Waals surface area contributed by atoms with Crippen molar-refractivity contribution in [1.82, 2.24) is 5.43 Å². The molecule has 10 heteroatoms. The van der Waals surface area contributed by atoms with Crippen LogP contribution in [0.5, 0.6) is 5.75 Å². The number of methoxy groups -OCH3 is 1. The number of nitrogens with zero attached hydrogens (tertiary/aromatic N) is 1. The zero-order valence-corrected chi connectivity index (χ0v) is 17.4. The lowest BCUT2D eigenvalue weighted by Gasteiger charge is -2.13. The molecule has 0 unspecified atom stereocenters. The monoisotopic (exact) mass is 468 g/mol. The molecule has 3 aromatic carbocycles. The number of benzene rings is 3. The Morgan fingerprint density at radius 3 is 2.06 bits per heavy atom. The van der Waals surface area contributed by atoms with Gasteiger partial charge in [-0.15, -0.1) is 0 Å². The Hall–Kier alpha value is -3.56.